The number of pyridine rings is 1. The largest absolute Gasteiger partial charge is 0.461 e. The summed E-state index contributed by atoms with van der Waals surface area (Å²) in [5.41, 5.74) is -0.938. The van der Waals surface area contributed by atoms with Crippen LogP contribution < -0.4 is 0 Å². The molecule has 2 atom stereocenters. The van der Waals surface area contributed by atoms with Crippen LogP contribution in [0, 0.1) is 0 Å². The molecule has 1 saturated heterocycles. The van der Waals surface area contributed by atoms with Gasteiger partial charge >= 0.3 is 13.3 Å². The van der Waals surface area contributed by atoms with Crippen molar-refractivity contribution in [2.75, 3.05) is 0 Å². The van der Waals surface area contributed by atoms with E-state index in [-0.39, 0.29) is 18.9 Å². The Morgan fingerprint density at radius 1 is 1.14 bits per heavy atom. The van der Waals surface area contributed by atoms with Crippen molar-refractivity contribution in [3.8, 4) is 0 Å². The molecule has 1 aromatic heterocycles. The summed E-state index contributed by atoms with van der Waals surface area (Å²) in [7, 11) is -0.371. The number of hydrogen-bond donors (Lipinski definition) is 0. The molecule has 0 amide bonds. The van der Waals surface area contributed by atoms with Crippen LogP contribution in [0.2, 0.25) is 5.82 Å². The Labute approximate surface area is 128 Å². The van der Waals surface area contributed by atoms with E-state index in [1.165, 1.54) is 12.3 Å². The van der Waals surface area contributed by atoms with E-state index in [1.54, 1.807) is 0 Å². The van der Waals surface area contributed by atoms with Gasteiger partial charge in [0.05, 0.1) is 16.8 Å². The van der Waals surface area contributed by atoms with Crippen molar-refractivity contribution < 1.29 is 22.5 Å². The van der Waals surface area contributed by atoms with Gasteiger partial charge in [0.2, 0.25) is 0 Å². The minimum atomic E-state index is -4.36. The smallest absolute Gasteiger partial charge is 0.403 e. The average Bonchev–Trinajstić information content (AvgIpc) is 3.12. The van der Waals surface area contributed by atoms with Crippen molar-refractivity contribution in [3.63, 3.8) is 0 Å². The van der Waals surface area contributed by atoms with Crippen molar-refractivity contribution in [2.24, 2.45) is 0 Å². The molecule has 22 heavy (non-hydrogen) atoms. The Bertz CT molecular complexity index is 572. The zero-order valence-corrected chi connectivity index (χ0v) is 13.1. The van der Waals surface area contributed by atoms with E-state index < -0.39 is 22.9 Å². The van der Waals surface area contributed by atoms with Crippen LogP contribution in [0.15, 0.2) is 18.5 Å². The second kappa shape index (κ2) is 4.71. The van der Waals surface area contributed by atoms with Crippen molar-refractivity contribution in [3.05, 3.63) is 29.6 Å². The topological polar surface area (TPSA) is 31.4 Å². The molecule has 2 fully saturated rings. The van der Waals surface area contributed by atoms with Gasteiger partial charge in [-0.2, -0.15) is 13.2 Å². The molecule has 2 heterocycles. The predicted octanol–water partition coefficient (Wildman–Crippen LogP) is 4.05. The first-order chi connectivity index (χ1) is 10.0. The molecule has 0 spiro atoms. The number of halogens is 3. The molecule has 0 unspecified atom stereocenters. The number of nitrogens with zero attached hydrogens (tertiary/aromatic N) is 1. The Hall–Kier alpha value is -1.08. The first-order valence-electron chi connectivity index (χ1n) is 7.39. The molecule has 0 aromatic carbocycles. The van der Waals surface area contributed by atoms with Gasteiger partial charge in [-0.3, -0.25) is 4.98 Å². The molecule has 1 saturated carbocycles. The third-order valence-electron chi connectivity index (χ3n) is 4.98. The number of alkyl halides is 3. The van der Waals surface area contributed by atoms with Crippen LogP contribution in [0.4, 0.5) is 13.2 Å². The minimum absolute atomic E-state index is 0.0181. The molecule has 0 radical (unpaired) electrons. The standard InChI is InChI=1S/C15H19BF3NO2/c1-13(2)14(3,4)22-16(21-13)12-6-11(12)9-5-10(8-20-7-9)15(17,18)19/h5,7-8,11-12H,6H2,1-4H3/t11-,12+/m1/s1. The third-order valence-corrected chi connectivity index (χ3v) is 4.98. The molecular weight excluding hydrogens is 294 g/mol. The van der Waals surface area contributed by atoms with Gasteiger partial charge in [0, 0.05) is 18.2 Å². The van der Waals surface area contributed by atoms with E-state index >= 15 is 0 Å². The summed E-state index contributed by atoms with van der Waals surface area (Å²) in [6, 6.07) is 1.18. The lowest BCUT2D eigenvalue weighted by Gasteiger charge is -2.32. The Morgan fingerprint density at radius 2 is 1.73 bits per heavy atom. The summed E-state index contributed by atoms with van der Waals surface area (Å²) < 4.78 is 50.2. The second-order valence-corrected chi connectivity index (χ2v) is 7.14. The van der Waals surface area contributed by atoms with E-state index in [0.29, 0.717) is 5.56 Å². The Morgan fingerprint density at radius 3 is 2.27 bits per heavy atom. The van der Waals surface area contributed by atoms with Crippen LogP contribution in [-0.4, -0.2) is 23.3 Å². The molecular formula is C15H19BF3NO2. The Balaban J connectivity index is 1.74. The summed E-state index contributed by atoms with van der Waals surface area (Å²) in [6.45, 7) is 7.87. The SMILES string of the molecule is CC1(C)OB([C@H]2C[C@@H]2c2cncc(C(F)(F)F)c2)OC1(C)C. The quantitative estimate of drug-likeness (QED) is 0.772. The van der Waals surface area contributed by atoms with Crippen molar-refractivity contribution in [1.82, 2.24) is 4.98 Å². The molecule has 1 aliphatic carbocycles. The first-order valence-corrected chi connectivity index (χ1v) is 7.39. The zero-order valence-electron chi connectivity index (χ0n) is 13.1. The van der Waals surface area contributed by atoms with Crippen LogP contribution in [0.5, 0.6) is 0 Å². The van der Waals surface area contributed by atoms with Gasteiger partial charge in [0.25, 0.3) is 0 Å². The molecule has 1 aliphatic heterocycles. The number of rotatable bonds is 2. The molecule has 3 rings (SSSR count). The number of hydrogen-bond acceptors (Lipinski definition) is 3. The van der Waals surface area contributed by atoms with Crippen LogP contribution in [0.3, 0.4) is 0 Å². The number of aromatic nitrogens is 1. The fourth-order valence-electron chi connectivity index (χ4n) is 2.78. The highest BCUT2D eigenvalue weighted by molar-refractivity contribution is 6.49. The van der Waals surface area contributed by atoms with Gasteiger partial charge in [0.1, 0.15) is 0 Å². The molecule has 2 aliphatic rings. The lowest BCUT2D eigenvalue weighted by Crippen LogP contribution is -2.41. The van der Waals surface area contributed by atoms with Crippen molar-refractivity contribution >= 4 is 7.12 Å². The summed E-state index contributed by atoms with van der Waals surface area (Å²) >= 11 is 0. The highest BCUT2D eigenvalue weighted by Crippen LogP contribution is 2.58. The zero-order chi connectivity index (χ0) is 16.3. The average molecular weight is 313 g/mol. The normalized spacial score (nSPS) is 29.7. The van der Waals surface area contributed by atoms with Crippen LogP contribution in [-0.2, 0) is 15.5 Å². The van der Waals surface area contributed by atoms with E-state index in [4.69, 9.17) is 9.31 Å². The van der Waals surface area contributed by atoms with Crippen LogP contribution in [0.25, 0.3) is 0 Å². The van der Waals surface area contributed by atoms with Gasteiger partial charge in [-0.25, -0.2) is 0 Å². The predicted molar refractivity (Wildman–Crippen MR) is 76.4 cm³/mol. The fourth-order valence-corrected chi connectivity index (χ4v) is 2.78. The van der Waals surface area contributed by atoms with Crippen molar-refractivity contribution in [2.45, 2.75) is 63.2 Å². The highest BCUT2D eigenvalue weighted by Gasteiger charge is 2.60. The van der Waals surface area contributed by atoms with Gasteiger partial charge < -0.3 is 9.31 Å². The summed E-state index contributed by atoms with van der Waals surface area (Å²) in [5.74, 6) is 0.107. The maximum absolute atomic E-state index is 12.8. The minimum Gasteiger partial charge on any atom is -0.403 e. The van der Waals surface area contributed by atoms with E-state index in [9.17, 15) is 13.2 Å². The maximum Gasteiger partial charge on any atom is 0.461 e. The van der Waals surface area contributed by atoms with E-state index in [2.05, 4.69) is 4.98 Å². The van der Waals surface area contributed by atoms with Gasteiger partial charge in [0.15, 0.2) is 0 Å². The fraction of sp³-hybridized carbons (Fsp3) is 0.667. The molecule has 0 bridgehead atoms. The van der Waals surface area contributed by atoms with Gasteiger partial charge in [-0.15, -0.1) is 0 Å². The van der Waals surface area contributed by atoms with Crippen LogP contribution >= 0.6 is 0 Å². The monoisotopic (exact) mass is 313 g/mol. The lowest BCUT2D eigenvalue weighted by molar-refractivity contribution is -0.137. The molecule has 7 heteroatoms. The van der Waals surface area contributed by atoms with Gasteiger partial charge in [-0.1, -0.05) is 0 Å². The lowest BCUT2D eigenvalue weighted by atomic mass is 9.80. The Kier molecular flexibility index (Phi) is 3.38. The van der Waals surface area contributed by atoms with Crippen LogP contribution in [0.1, 0.15) is 51.2 Å². The maximum atomic E-state index is 12.8. The summed E-state index contributed by atoms with van der Waals surface area (Å²) in [6.07, 6.45) is -1.24. The summed E-state index contributed by atoms with van der Waals surface area (Å²) in [5, 5.41) is 0. The van der Waals surface area contributed by atoms with E-state index in [1.807, 2.05) is 27.7 Å². The third kappa shape index (κ3) is 2.65. The molecule has 1 aromatic rings. The van der Waals surface area contributed by atoms with E-state index in [0.717, 1.165) is 12.6 Å². The first kappa shape index (κ1) is 15.8. The molecule has 3 nitrogen and oxygen atoms in total. The van der Waals surface area contributed by atoms with Gasteiger partial charge in [-0.05, 0) is 51.7 Å². The van der Waals surface area contributed by atoms with Crippen molar-refractivity contribution in [1.29, 1.82) is 0 Å². The second-order valence-electron chi connectivity index (χ2n) is 7.14. The molecule has 0 N–H and O–H groups in total. The highest BCUT2D eigenvalue weighted by atomic mass is 19.4. The summed E-state index contributed by atoms with van der Waals surface area (Å²) in [4.78, 5) is 3.73. The molecule has 120 valence electrons.